The topological polar surface area (TPSA) is 41.7 Å². The van der Waals surface area contributed by atoms with E-state index < -0.39 is 0 Å². The van der Waals surface area contributed by atoms with Gasteiger partial charge in [-0.25, -0.2) is 0 Å². The number of nitrogen functional groups attached to an aromatic ring is 1. The fourth-order valence-corrected chi connectivity index (χ4v) is 3.32. The molecule has 1 atom stereocenters. The quantitative estimate of drug-likeness (QED) is 0.779. The molecule has 1 aromatic rings. The van der Waals surface area contributed by atoms with Crippen LogP contribution in [0.5, 0.6) is 0 Å². The Kier molecular flexibility index (Phi) is 3.37. The number of rotatable bonds is 1. The van der Waals surface area contributed by atoms with Gasteiger partial charge >= 0.3 is 0 Å². The standard InChI is InChI=1S/C15H23N3O/c1-17-8-2-7-15(11-17)12-18(9-10-19-15)14-5-3-13(16)4-6-14/h3-6H,2,7-12,16H2,1H3. The highest BCUT2D eigenvalue weighted by Crippen LogP contribution is 2.30. The van der Waals surface area contributed by atoms with Crippen LogP contribution in [0.2, 0.25) is 0 Å². The molecule has 0 saturated carbocycles. The molecule has 0 radical (unpaired) electrons. The van der Waals surface area contributed by atoms with Gasteiger partial charge in [0.15, 0.2) is 0 Å². The molecule has 2 N–H and O–H groups in total. The largest absolute Gasteiger partial charge is 0.399 e. The van der Waals surface area contributed by atoms with Crippen molar-refractivity contribution in [1.29, 1.82) is 0 Å². The van der Waals surface area contributed by atoms with Gasteiger partial charge in [-0.3, -0.25) is 0 Å². The Morgan fingerprint density at radius 2 is 1.95 bits per heavy atom. The molecular weight excluding hydrogens is 238 g/mol. The number of hydrogen-bond donors (Lipinski definition) is 1. The number of anilines is 2. The zero-order valence-electron chi connectivity index (χ0n) is 11.6. The fraction of sp³-hybridized carbons (Fsp3) is 0.600. The van der Waals surface area contributed by atoms with E-state index in [1.807, 2.05) is 12.1 Å². The molecule has 2 aliphatic heterocycles. The monoisotopic (exact) mass is 261 g/mol. The number of morpholine rings is 1. The first-order valence-electron chi connectivity index (χ1n) is 7.10. The molecule has 2 heterocycles. The Morgan fingerprint density at radius 1 is 1.16 bits per heavy atom. The highest BCUT2D eigenvalue weighted by Gasteiger charge is 2.39. The molecule has 0 aliphatic carbocycles. The first-order valence-corrected chi connectivity index (χ1v) is 7.10. The van der Waals surface area contributed by atoms with Gasteiger partial charge in [0.25, 0.3) is 0 Å². The molecule has 4 nitrogen and oxygen atoms in total. The predicted octanol–water partition coefficient (Wildman–Crippen LogP) is 1.57. The van der Waals surface area contributed by atoms with Crippen molar-refractivity contribution in [2.45, 2.75) is 18.4 Å². The first kappa shape index (κ1) is 12.8. The lowest BCUT2D eigenvalue weighted by Crippen LogP contribution is -2.59. The molecule has 0 aromatic heterocycles. The smallest absolute Gasteiger partial charge is 0.0983 e. The summed E-state index contributed by atoms with van der Waals surface area (Å²) in [5.41, 5.74) is 7.86. The van der Waals surface area contributed by atoms with Crippen molar-refractivity contribution in [2.24, 2.45) is 0 Å². The molecule has 1 unspecified atom stereocenters. The average molecular weight is 261 g/mol. The molecule has 0 amide bonds. The van der Waals surface area contributed by atoms with Crippen LogP contribution in [-0.2, 0) is 4.74 Å². The van der Waals surface area contributed by atoms with Crippen molar-refractivity contribution >= 4 is 11.4 Å². The molecule has 0 bridgehead atoms. The van der Waals surface area contributed by atoms with Crippen LogP contribution in [0, 0.1) is 0 Å². The summed E-state index contributed by atoms with van der Waals surface area (Å²) in [6.45, 7) is 5.00. The molecule has 1 aromatic carbocycles. The highest BCUT2D eigenvalue weighted by atomic mass is 16.5. The number of nitrogens with two attached hydrogens (primary N) is 1. The second-order valence-electron chi connectivity index (χ2n) is 5.89. The van der Waals surface area contributed by atoms with E-state index >= 15 is 0 Å². The number of benzene rings is 1. The van der Waals surface area contributed by atoms with Crippen LogP contribution in [0.3, 0.4) is 0 Å². The lowest BCUT2D eigenvalue weighted by molar-refractivity contribution is -0.0926. The Hall–Kier alpha value is -1.26. The Labute approximate surface area is 115 Å². The molecule has 104 valence electrons. The summed E-state index contributed by atoms with van der Waals surface area (Å²) < 4.78 is 6.14. The minimum absolute atomic E-state index is 0.0205. The van der Waals surface area contributed by atoms with E-state index in [4.69, 9.17) is 10.5 Å². The lowest BCUT2D eigenvalue weighted by atomic mass is 9.91. The lowest BCUT2D eigenvalue weighted by Gasteiger charge is -2.48. The van der Waals surface area contributed by atoms with Gasteiger partial charge in [0.05, 0.1) is 12.2 Å². The van der Waals surface area contributed by atoms with Gasteiger partial charge < -0.3 is 20.3 Å². The van der Waals surface area contributed by atoms with E-state index in [-0.39, 0.29) is 5.60 Å². The van der Waals surface area contributed by atoms with E-state index in [1.165, 1.54) is 25.1 Å². The third-order valence-electron chi connectivity index (χ3n) is 4.24. The summed E-state index contributed by atoms with van der Waals surface area (Å²) in [7, 11) is 2.19. The molecule has 2 saturated heterocycles. The van der Waals surface area contributed by atoms with Crippen molar-refractivity contribution in [3.63, 3.8) is 0 Å². The van der Waals surface area contributed by atoms with Gasteiger partial charge in [-0.2, -0.15) is 0 Å². The normalized spacial score (nSPS) is 28.8. The Balaban J connectivity index is 1.75. The maximum atomic E-state index is 6.14. The maximum Gasteiger partial charge on any atom is 0.0983 e. The van der Waals surface area contributed by atoms with Gasteiger partial charge in [-0.05, 0) is 50.7 Å². The van der Waals surface area contributed by atoms with E-state index in [2.05, 4.69) is 29.0 Å². The Morgan fingerprint density at radius 3 is 2.68 bits per heavy atom. The number of ether oxygens (including phenoxy) is 1. The first-order chi connectivity index (χ1) is 9.17. The van der Waals surface area contributed by atoms with Crippen LogP contribution in [0.15, 0.2) is 24.3 Å². The molecule has 2 fully saturated rings. The van der Waals surface area contributed by atoms with E-state index in [9.17, 15) is 0 Å². The van der Waals surface area contributed by atoms with Crippen LogP contribution in [0.4, 0.5) is 11.4 Å². The van der Waals surface area contributed by atoms with Gasteiger partial charge in [0.2, 0.25) is 0 Å². The predicted molar refractivity (Wildman–Crippen MR) is 78.5 cm³/mol. The van der Waals surface area contributed by atoms with Crippen molar-refractivity contribution in [3.05, 3.63) is 24.3 Å². The van der Waals surface area contributed by atoms with Gasteiger partial charge in [-0.1, -0.05) is 0 Å². The summed E-state index contributed by atoms with van der Waals surface area (Å²) in [5.74, 6) is 0. The van der Waals surface area contributed by atoms with Crippen LogP contribution in [0.25, 0.3) is 0 Å². The van der Waals surface area contributed by atoms with Gasteiger partial charge in [0.1, 0.15) is 0 Å². The van der Waals surface area contributed by atoms with E-state index in [0.29, 0.717) is 0 Å². The summed E-state index contributed by atoms with van der Waals surface area (Å²) in [4.78, 5) is 4.82. The van der Waals surface area contributed by atoms with Crippen LogP contribution in [0.1, 0.15) is 12.8 Å². The van der Waals surface area contributed by atoms with Gasteiger partial charge in [0, 0.05) is 31.0 Å². The van der Waals surface area contributed by atoms with Crippen LogP contribution >= 0.6 is 0 Å². The third-order valence-corrected chi connectivity index (χ3v) is 4.24. The van der Waals surface area contributed by atoms with Gasteiger partial charge in [-0.15, -0.1) is 0 Å². The molecule has 4 heteroatoms. The minimum Gasteiger partial charge on any atom is -0.399 e. The average Bonchev–Trinajstić information content (AvgIpc) is 2.39. The number of likely N-dealkylation sites (N-methyl/N-ethyl adjacent to an activating group) is 1. The summed E-state index contributed by atoms with van der Waals surface area (Å²) in [6, 6.07) is 8.18. The number of hydrogen-bond acceptors (Lipinski definition) is 4. The molecule has 2 aliphatic rings. The fourth-order valence-electron chi connectivity index (χ4n) is 3.32. The number of nitrogens with zero attached hydrogens (tertiary/aromatic N) is 2. The maximum absolute atomic E-state index is 6.14. The summed E-state index contributed by atoms with van der Waals surface area (Å²) in [5, 5.41) is 0. The molecular formula is C15H23N3O. The molecule has 1 spiro atoms. The summed E-state index contributed by atoms with van der Waals surface area (Å²) >= 11 is 0. The number of likely N-dealkylation sites (tertiary alicyclic amines) is 1. The minimum atomic E-state index is 0.0205. The SMILES string of the molecule is CN1CCCC2(C1)CN(c1ccc(N)cc1)CCO2. The second kappa shape index (κ2) is 5.02. The summed E-state index contributed by atoms with van der Waals surface area (Å²) in [6.07, 6.45) is 2.40. The van der Waals surface area contributed by atoms with E-state index in [0.717, 1.165) is 31.9 Å². The van der Waals surface area contributed by atoms with Crippen molar-refractivity contribution in [3.8, 4) is 0 Å². The second-order valence-corrected chi connectivity index (χ2v) is 5.89. The van der Waals surface area contributed by atoms with Crippen LogP contribution in [-0.4, -0.2) is 50.3 Å². The van der Waals surface area contributed by atoms with Crippen molar-refractivity contribution in [1.82, 2.24) is 4.90 Å². The van der Waals surface area contributed by atoms with Crippen molar-refractivity contribution < 1.29 is 4.74 Å². The van der Waals surface area contributed by atoms with E-state index in [1.54, 1.807) is 0 Å². The van der Waals surface area contributed by atoms with Crippen LogP contribution < -0.4 is 10.6 Å². The number of piperidine rings is 1. The molecule has 3 rings (SSSR count). The zero-order valence-corrected chi connectivity index (χ0v) is 11.6. The molecule has 19 heavy (non-hydrogen) atoms. The highest BCUT2D eigenvalue weighted by molar-refractivity contribution is 5.53. The third kappa shape index (κ3) is 2.69. The van der Waals surface area contributed by atoms with Crippen molar-refractivity contribution in [2.75, 3.05) is 50.5 Å². The Bertz CT molecular complexity index is 430. The zero-order chi connectivity index (χ0) is 13.3.